The molecule has 0 saturated heterocycles. The van der Waals surface area contributed by atoms with Crippen molar-refractivity contribution in [3.05, 3.63) is 18.5 Å². The van der Waals surface area contributed by atoms with Crippen molar-refractivity contribution in [1.82, 2.24) is 9.71 Å². The van der Waals surface area contributed by atoms with Gasteiger partial charge in [0.2, 0.25) is 10.0 Å². The molecule has 1 aromatic heterocycles. The van der Waals surface area contributed by atoms with Crippen LogP contribution in [-0.2, 0) is 10.0 Å². The standard InChI is InChI=1S/C13H24N4O2S/c1-2-3-4-5-6-7-9-16-20(18,19)13-11-15-10-8-12(13)17-14/h8,10-11,16H,2-7,9,14H2,1H3,(H,15,17). The van der Waals surface area contributed by atoms with Crippen LogP contribution < -0.4 is 16.0 Å². The van der Waals surface area contributed by atoms with Crippen LogP contribution in [0.2, 0.25) is 0 Å². The molecular formula is C13H24N4O2S. The molecular weight excluding hydrogens is 276 g/mol. The number of hydrogen-bond donors (Lipinski definition) is 3. The van der Waals surface area contributed by atoms with E-state index < -0.39 is 10.0 Å². The van der Waals surface area contributed by atoms with Crippen LogP contribution in [0, 0.1) is 0 Å². The summed E-state index contributed by atoms with van der Waals surface area (Å²) in [5, 5.41) is 0. The molecule has 1 heterocycles. The number of nitrogens with zero attached hydrogens (tertiary/aromatic N) is 1. The molecule has 0 saturated carbocycles. The summed E-state index contributed by atoms with van der Waals surface area (Å²) >= 11 is 0. The number of nitrogen functional groups attached to an aromatic ring is 1. The van der Waals surface area contributed by atoms with E-state index in [-0.39, 0.29) is 4.90 Å². The van der Waals surface area contributed by atoms with Crippen molar-refractivity contribution in [3.8, 4) is 0 Å². The first-order valence-electron chi connectivity index (χ1n) is 7.02. The van der Waals surface area contributed by atoms with Gasteiger partial charge in [-0.2, -0.15) is 0 Å². The third-order valence-electron chi connectivity index (χ3n) is 3.05. The molecule has 0 bridgehead atoms. The molecule has 1 rings (SSSR count). The Balaban J connectivity index is 2.42. The number of nitrogens with two attached hydrogens (primary N) is 1. The Morgan fingerprint density at radius 2 is 1.90 bits per heavy atom. The van der Waals surface area contributed by atoms with Crippen molar-refractivity contribution < 1.29 is 8.42 Å². The van der Waals surface area contributed by atoms with E-state index in [0.29, 0.717) is 12.2 Å². The summed E-state index contributed by atoms with van der Waals surface area (Å²) in [5.74, 6) is 5.30. The molecule has 0 aromatic carbocycles. The molecule has 1 aromatic rings. The number of anilines is 1. The van der Waals surface area contributed by atoms with E-state index in [1.54, 1.807) is 0 Å². The first kappa shape index (κ1) is 16.9. The van der Waals surface area contributed by atoms with Gasteiger partial charge in [-0.05, 0) is 12.5 Å². The highest BCUT2D eigenvalue weighted by Crippen LogP contribution is 2.17. The highest BCUT2D eigenvalue weighted by Gasteiger charge is 2.17. The van der Waals surface area contributed by atoms with Crippen molar-refractivity contribution >= 4 is 15.7 Å². The predicted octanol–water partition coefficient (Wildman–Crippen LogP) is 2.01. The van der Waals surface area contributed by atoms with E-state index >= 15 is 0 Å². The monoisotopic (exact) mass is 300 g/mol. The number of aromatic nitrogens is 1. The van der Waals surface area contributed by atoms with Gasteiger partial charge in [0, 0.05) is 18.9 Å². The Kier molecular flexibility index (Phi) is 7.50. The van der Waals surface area contributed by atoms with Crippen LogP contribution in [0.3, 0.4) is 0 Å². The molecule has 20 heavy (non-hydrogen) atoms. The zero-order valence-corrected chi connectivity index (χ0v) is 12.7. The third kappa shape index (κ3) is 5.44. The second-order valence-electron chi connectivity index (χ2n) is 4.68. The maximum Gasteiger partial charge on any atom is 0.244 e. The van der Waals surface area contributed by atoms with Crippen LogP contribution in [0.25, 0.3) is 0 Å². The number of nitrogens with one attached hydrogen (secondary N) is 2. The van der Waals surface area contributed by atoms with E-state index in [1.807, 2.05) is 0 Å². The smallest absolute Gasteiger partial charge is 0.244 e. The van der Waals surface area contributed by atoms with Gasteiger partial charge in [0.05, 0.1) is 5.69 Å². The summed E-state index contributed by atoms with van der Waals surface area (Å²) in [6.07, 6.45) is 9.48. The summed E-state index contributed by atoms with van der Waals surface area (Å²) in [4.78, 5) is 3.90. The lowest BCUT2D eigenvalue weighted by molar-refractivity contribution is 0.567. The van der Waals surface area contributed by atoms with Crippen LogP contribution in [0.4, 0.5) is 5.69 Å². The molecule has 4 N–H and O–H groups in total. The van der Waals surface area contributed by atoms with E-state index in [4.69, 9.17) is 5.84 Å². The van der Waals surface area contributed by atoms with Gasteiger partial charge in [-0.25, -0.2) is 13.1 Å². The topological polar surface area (TPSA) is 97.1 Å². The maximum absolute atomic E-state index is 12.1. The van der Waals surface area contributed by atoms with Gasteiger partial charge in [-0.15, -0.1) is 0 Å². The van der Waals surface area contributed by atoms with Crippen molar-refractivity contribution in [2.75, 3.05) is 12.0 Å². The van der Waals surface area contributed by atoms with Gasteiger partial charge < -0.3 is 5.43 Å². The Morgan fingerprint density at radius 1 is 1.20 bits per heavy atom. The fourth-order valence-corrected chi connectivity index (χ4v) is 3.09. The van der Waals surface area contributed by atoms with Crippen LogP contribution in [0.15, 0.2) is 23.4 Å². The van der Waals surface area contributed by atoms with Crippen LogP contribution in [-0.4, -0.2) is 19.9 Å². The molecule has 0 unspecified atom stereocenters. The number of hydrogen-bond acceptors (Lipinski definition) is 5. The molecule has 114 valence electrons. The van der Waals surface area contributed by atoms with Gasteiger partial charge in [-0.1, -0.05) is 39.0 Å². The summed E-state index contributed by atoms with van der Waals surface area (Å²) in [6.45, 7) is 2.61. The average molecular weight is 300 g/mol. The molecule has 6 nitrogen and oxygen atoms in total. The molecule has 0 atom stereocenters. The Bertz CT molecular complexity index is 491. The van der Waals surface area contributed by atoms with E-state index in [9.17, 15) is 8.42 Å². The molecule has 0 radical (unpaired) electrons. The predicted molar refractivity (Wildman–Crippen MR) is 80.6 cm³/mol. The van der Waals surface area contributed by atoms with Crippen LogP contribution in [0.5, 0.6) is 0 Å². The van der Waals surface area contributed by atoms with Gasteiger partial charge in [0.25, 0.3) is 0 Å². The molecule has 0 aliphatic heterocycles. The molecule has 0 fully saturated rings. The van der Waals surface area contributed by atoms with E-state index in [1.165, 1.54) is 37.7 Å². The average Bonchev–Trinajstić information content (AvgIpc) is 2.46. The third-order valence-corrected chi connectivity index (χ3v) is 4.54. The minimum atomic E-state index is -3.56. The molecule has 0 amide bonds. The lowest BCUT2D eigenvalue weighted by atomic mass is 10.1. The highest BCUT2D eigenvalue weighted by molar-refractivity contribution is 7.89. The van der Waals surface area contributed by atoms with Crippen LogP contribution in [0.1, 0.15) is 45.4 Å². The number of sulfonamides is 1. The zero-order valence-electron chi connectivity index (χ0n) is 11.9. The Hall–Kier alpha value is -1.18. The summed E-state index contributed by atoms with van der Waals surface area (Å²) < 4.78 is 26.8. The number of rotatable bonds is 10. The van der Waals surface area contributed by atoms with Crippen molar-refractivity contribution in [2.45, 2.75) is 50.3 Å². The fourth-order valence-electron chi connectivity index (χ4n) is 1.90. The van der Waals surface area contributed by atoms with Gasteiger partial charge >= 0.3 is 0 Å². The quantitative estimate of drug-likeness (QED) is 0.349. The first-order chi connectivity index (χ1) is 9.61. The number of unbranched alkanes of at least 4 members (excludes halogenated alkanes) is 5. The van der Waals surface area contributed by atoms with Gasteiger partial charge in [-0.3, -0.25) is 10.8 Å². The summed E-state index contributed by atoms with van der Waals surface area (Å²) in [5.41, 5.74) is 2.71. The summed E-state index contributed by atoms with van der Waals surface area (Å²) in [7, 11) is -3.56. The summed E-state index contributed by atoms with van der Waals surface area (Å²) in [6, 6.07) is 1.53. The lowest BCUT2D eigenvalue weighted by Gasteiger charge is -2.10. The minimum absolute atomic E-state index is 0.0773. The lowest BCUT2D eigenvalue weighted by Crippen LogP contribution is -2.26. The molecule has 7 heteroatoms. The minimum Gasteiger partial charge on any atom is -0.323 e. The maximum atomic E-state index is 12.1. The van der Waals surface area contributed by atoms with Crippen molar-refractivity contribution in [2.24, 2.45) is 5.84 Å². The number of hydrazine groups is 1. The largest absolute Gasteiger partial charge is 0.323 e. The second kappa shape index (κ2) is 8.89. The van der Waals surface area contributed by atoms with E-state index in [0.717, 1.165) is 19.3 Å². The van der Waals surface area contributed by atoms with Crippen molar-refractivity contribution in [3.63, 3.8) is 0 Å². The molecule has 0 aliphatic rings. The van der Waals surface area contributed by atoms with E-state index in [2.05, 4.69) is 22.1 Å². The molecule has 0 aliphatic carbocycles. The fraction of sp³-hybridized carbons (Fsp3) is 0.615. The highest BCUT2D eigenvalue weighted by atomic mass is 32.2. The number of pyridine rings is 1. The van der Waals surface area contributed by atoms with Crippen molar-refractivity contribution in [1.29, 1.82) is 0 Å². The second-order valence-corrected chi connectivity index (χ2v) is 6.42. The Labute approximate surface area is 121 Å². The van der Waals surface area contributed by atoms with Gasteiger partial charge in [0.1, 0.15) is 4.90 Å². The van der Waals surface area contributed by atoms with Gasteiger partial charge in [0.15, 0.2) is 0 Å². The first-order valence-corrected chi connectivity index (χ1v) is 8.50. The zero-order chi connectivity index (χ0) is 14.8. The van der Waals surface area contributed by atoms with Crippen LogP contribution >= 0.6 is 0 Å². The Morgan fingerprint density at radius 3 is 2.60 bits per heavy atom. The normalized spacial score (nSPS) is 11.5. The molecule has 0 spiro atoms. The SMILES string of the molecule is CCCCCCCCNS(=O)(=O)c1cnccc1NN.